The summed E-state index contributed by atoms with van der Waals surface area (Å²) in [5, 5.41) is 24.4. The monoisotopic (exact) mass is 714 g/mol. The van der Waals surface area contributed by atoms with E-state index in [4.69, 9.17) is 24.8 Å². The Bertz CT molecular complexity index is 1960. The van der Waals surface area contributed by atoms with E-state index >= 15 is 0 Å². The topological polar surface area (TPSA) is 250 Å². The second-order valence-corrected chi connectivity index (χ2v) is 14.1. The minimum atomic E-state index is -4.96. The molecular weight excluding hydrogens is 681 g/mol. The van der Waals surface area contributed by atoms with Crippen LogP contribution in [0.4, 0.5) is 5.13 Å². The van der Waals surface area contributed by atoms with E-state index in [1.807, 2.05) is 24.3 Å². The number of Topliss-reactive ketones (excluding diaryl/α,β-unsaturated/α-hetero) is 1. The molecule has 3 aromatic heterocycles. The molecule has 49 heavy (non-hydrogen) atoms. The minimum Gasteiger partial charge on any atom is -0.489 e. The van der Waals surface area contributed by atoms with Gasteiger partial charge in [-0.25, -0.2) is 4.98 Å². The number of fused-ring (bicyclic) bond motifs is 1. The van der Waals surface area contributed by atoms with Crippen LogP contribution in [0, 0.1) is 11.8 Å². The zero-order valence-electron chi connectivity index (χ0n) is 26.5. The fourth-order valence-corrected chi connectivity index (χ4v) is 6.77. The van der Waals surface area contributed by atoms with Crippen LogP contribution in [0.3, 0.4) is 0 Å². The molecule has 5 heterocycles. The van der Waals surface area contributed by atoms with Crippen molar-refractivity contribution in [3.05, 3.63) is 52.9 Å². The second kappa shape index (κ2) is 14.1. The highest BCUT2D eigenvalue weighted by atomic mass is 32.3. The zero-order valence-corrected chi connectivity index (χ0v) is 28.1. The Morgan fingerprint density at radius 2 is 2.02 bits per heavy atom. The van der Waals surface area contributed by atoms with Gasteiger partial charge < -0.3 is 20.6 Å². The molecule has 260 valence electrons. The van der Waals surface area contributed by atoms with Crippen molar-refractivity contribution in [2.45, 2.75) is 51.2 Å². The summed E-state index contributed by atoms with van der Waals surface area (Å²) in [5.41, 5.74) is 6.30. The molecule has 1 amide bonds. The molecule has 2 atom stereocenters. The number of piperidine rings is 1. The third kappa shape index (κ3) is 7.99. The van der Waals surface area contributed by atoms with Crippen LogP contribution < -0.4 is 15.8 Å². The highest BCUT2D eigenvalue weighted by Crippen LogP contribution is 2.40. The maximum atomic E-state index is 13.6. The number of nitrogens with zero attached hydrogens (tertiary/aromatic N) is 7. The van der Waals surface area contributed by atoms with Crippen LogP contribution in [0.5, 0.6) is 5.75 Å². The number of carbonyl (C=O) groups is 2. The summed E-state index contributed by atoms with van der Waals surface area (Å²) in [6, 6.07) is 9.58. The molecule has 2 saturated heterocycles. The summed E-state index contributed by atoms with van der Waals surface area (Å²) in [6.07, 6.45) is 1.76. The van der Waals surface area contributed by atoms with Crippen LogP contribution in [0.15, 0.2) is 40.9 Å². The number of tetrazole rings is 1. The molecule has 4 aromatic rings. The lowest BCUT2D eigenvalue weighted by Gasteiger charge is -2.50. The Balaban J connectivity index is 1.17. The lowest BCUT2D eigenvalue weighted by atomic mass is 9.74. The number of ether oxygens (including phenoxy) is 1. The number of aromatic nitrogens is 6. The molecule has 5 N–H and O–H groups in total. The minimum absolute atomic E-state index is 0.0895. The highest BCUT2D eigenvalue weighted by molar-refractivity contribution is 7.80. The maximum absolute atomic E-state index is 13.6. The molecule has 0 radical (unpaired) electrons. The molecule has 18 nitrogen and oxygen atoms in total. The van der Waals surface area contributed by atoms with Crippen LogP contribution in [0.2, 0.25) is 0 Å². The Kier molecular flexibility index (Phi) is 9.84. The highest BCUT2D eigenvalue weighted by Gasteiger charge is 2.57. The molecular formula is C29H34N10O8S2. The fraction of sp³-hybridized carbons (Fsp3) is 0.448. The van der Waals surface area contributed by atoms with Crippen LogP contribution in [-0.2, 0) is 35.5 Å². The first-order valence-electron chi connectivity index (χ1n) is 15.3. The van der Waals surface area contributed by atoms with Gasteiger partial charge in [0.2, 0.25) is 11.9 Å². The number of β-lactam (4-membered cyclic amide) rings is 1. The number of amides is 1. The number of H-pyrrole nitrogens is 1. The number of carbonyl (C=O) groups excluding carboxylic acids is 2. The number of benzene rings is 1. The molecule has 20 heteroatoms. The second-order valence-electron chi connectivity index (χ2n) is 12.2. The van der Waals surface area contributed by atoms with Crippen molar-refractivity contribution < 1.29 is 36.4 Å². The maximum Gasteiger partial charge on any atom is 0.418 e. The van der Waals surface area contributed by atoms with Gasteiger partial charge in [-0.3, -0.25) is 19.1 Å². The van der Waals surface area contributed by atoms with E-state index in [2.05, 4.69) is 40.4 Å². The molecule has 2 fully saturated rings. The van der Waals surface area contributed by atoms with Crippen molar-refractivity contribution in [3.63, 3.8) is 0 Å². The normalized spacial score (nSPS) is 19.1. The van der Waals surface area contributed by atoms with Crippen LogP contribution in [0.1, 0.15) is 56.4 Å². The van der Waals surface area contributed by atoms with Gasteiger partial charge in [-0.05, 0) is 76.4 Å². The van der Waals surface area contributed by atoms with Crippen LogP contribution >= 0.6 is 11.3 Å². The summed E-state index contributed by atoms with van der Waals surface area (Å²) in [4.78, 5) is 41.0. The molecule has 2 aliphatic heterocycles. The van der Waals surface area contributed by atoms with Gasteiger partial charge in [0.25, 0.3) is 5.91 Å². The molecule has 1 aromatic carbocycles. The van der Waals surface area contributed by atoms with Crippen molar-refractivity contribution in [1.82, 2.24) is 41.0 Å². The lowest BCUT2D eigenvalue weighted by Crippen LogP contribution is -2.68. The van der Waals surface area contributed by atoms with Crippen molar-refractivity contribution in [2.75, 3.05) is 25.4 Å². The number of hydrogen-bond donors (Lipinski definition) is 4. The number of anilines is 1. The molecule has 0 bridgehead atoms. The number of nitrogen functional groups attached to an aromatic ring is 1. The van der Waals surface area contributed by atoms with E-state index in [1.165, 1.54) is 19.2 Å². The number of nitrogens with one attached hydrogen (secondary N) is 2. The molecule has 0 spiro atoms. The van der Waals surface area contributed by atoms with E-state index in [0.717, 1.165) is 60.3 Å². The van der Waals surface area contributed by atoms with Crippen LogP contribution in [-0.4, -0.2) is 91.3 Å². The molecule has 0 unspecified atom stereocenters. The third-order valence-corrected chi connectivity index (χ3v) is 9.47. The Morgan fingerprint density at radius 3 is 2.69 bits per heavy atom. The predicted octanol–water partition coefficient (Wildman–Crippen LogP) is 1.80. The Labute approximate surface area is 284 Å². The average molecular weight is 715 g/mol. The van der Waals surface area contributed by atoms with Gasteiger partial charge in [-0.1, -0.05) is 16.4 Å². The van der Waals surface area contributed by atoms with Crippen molar-refractivity contribution >= 4 is 55.2 Å². The summed E-state index contributed by atoms with van der Waals surface area (Å²) in [6.45, 7) is 4.89. The van der Waals surface area contributed by atoms with E-state index < -0.39 is 46.1 Å². The number of nitrogens with two attached hydrogens (primary N) is 1. The number of thiazole rings is 1. The molecule has 2 aliphatic rings. The van der Waals surface area contributed by atoms with Gasteiger partial charge in [0.15, 0.2) is 16.6 Å². The number of rotatable bonds is 14. The third-order valence-electron chi connectivity index (χ3n) is 8.46. The SMILES string of the molecule is CC1(C)[C@H](CC(=O)/C(=N\O[C@H](COc2ccc3nc(CC4CCNCC4)ccc3c2)c2nn[nH]n2)c2csc(N)n2)C(=O)N1OS(=O)(=O)O. The fourth-order valence-electron chi connectivity index (χ4n) is 5.76. The summed E-state index contributed by atoms with van der Waals surface area (Å²) in [5.74, 6) is -1.26. The first-order chi connectivity index (χ1) is 23.4. The number of hydroxylamine groups is 2. The first-order valence-corrected chi connectivity index (χ1v) is 17.6. The predicted molar refractivity (Wildman–Crippen MR) is 174 cm³/mol. The van der Waals surface area contributed by atoms with E-state index in [9.17, 15) is 18.0 Å². The summed E-state index contributed by atoms with van der Waals surface area (Å²) >= 11 is 1.06. The summed E-state index contributed by atoms with van der Waals surface area (Å²) < 4.78 is 41.9. The van der Waals surface area contributed by atoms with Gasteiger partial charge >= 0.3 is 10.4 Å². The lowest BCUT2D eigenvalue weighted by molar-refractivity contribution is -0.228. The molecule has 0 aliphatic carbocycles. The van der Waals surface area contributed by atoms with E-state index in [0.29, 0.717) is 16.7 Å². The Hall–Kier alpha value is -4.63. The number of hydrogen-bond acceptors (Lipinski definition) is 16. The number of ketones is 1. The molecule has 6 rings (SSSR count). The largest absolute Gasteiger partial charge is 0.489 e. The average Bonchev–Trinajstić information content (AvgIpc) is 3.76. The number of oxime groups is 1. The van der Waals surface area contributed by atoms with Crippen molar-refractivity contribution in [1.29, 1.82) is 0 Å². The first kappa shape index (κ1) is 34.2. The number of pyridine rings is 1. The number of aromatic amines is 1. The van der Waals surface area contributed by atoms with Gasteiger partial charge in [0, 0.05) is 22.9 Å². The van der Waals surface area contributed by atoms with Gasteiger partial charge in [0.05, 0.1) is 17.0 Å². The zero-order chi connectivity index (χ0) is 34.8. The van der Waals surface area contributed by atoms with Gasteiger partial charge in [-0.2, -0.15) is 18.7 Å². The van der Waals surface area contributed by atoms with E-state index in [-0.39, 0.29) is 29.0 Å². The van der Waals surface area contributed by atoms with Crippen LogP contribution in [0.25, 0.3) is 10.9 Å². The van der Waals surface area contributed by atoms with Gasteiger partial charge in [-0.15, -0.1) is 25.8 Å². The quantitative estimate of drug-likeness (QED) is 0.0629. The molecule has 0 saturated carbocycles. The Morgan fingerprint density at radius 1 is 1.22 bits per heavy atom. The smallest absolute Gasteiger partial charge is 0.418 e. The summed E-state index contributed by atoms with van der Waals surface area (Å²) in [7, 11) is -4.96. The van der Waals surface area contributed by atoms with E-state index in [1.54, 1.807) is 6.07 Å². The van der Waals surface area contributed by atoms with Gasteiger partial charge in [0.1, 0.15) is 18.1 Å². The standard InChI is InChI=1S/C29H34N10O8S2/c1-29(2)20(27(41)39(29)47-49(42,43)44)13-23(40)25(22-15-48-28(30)33-22)36-46-24(26-34-37-38-35-26)14-45-19-5-6-21-17(12-19)3-4-18(32-21)11-16-7-9-31-10-8-16/h3-6,12,15-16,20,24,31H,7-11,13-14H2,1-2H3,(H2,30,33)(H,42,43,44)(H,34,35,37,38)/b36-25-/t20-,24-/m1/s1. The van der Waals surface area contributed by atoms with Crippen molar-refractivity contribution in [3.8, 4) is 5.75 Å². The van der Waals surface area contributed by atoms with Crippen molar-refractivity contribution in [2.24, 2.45) is 17.0 Å².